The Morgan fingerprint density at radius 2 is 2.07 bits per heavy atom. The van der Waals surface area contributed by atoms with Gasteiger partial charge in [-0.05, 0) is 35.9 Å². The van der Waals surface area contributed by atoms with E-state index in [4.69, 9.17) is 23.2 Å². The summed E-state index contributed by atoms with van der Waals surface area (Å²) in [5, 5.41) is 22.9. The molecule has 1 fully saturated rings. The highest BCUT2D eigenvalue weighted by molar-refractivity contribution is 8.15. The normalized spacial score (nSPS) is 17.9. The molecule has 0 aliphatic carbocycles. The molecule has 0 spiro atoms. The first-order valence-corrected chi connectivity index (χ1v) is 9.67. The van der Waals surface area contributed by atoms with Gasteiger partial charge in [-0.1, -0.05) is 47.1 Å². The van der Waals surface area contributed by atoms with Crippen molar-refractivity contribution in [3.05, 3.63) is 58.1 Å². The smallest absolute Gasteiger partial charge is 0.240 e. The molecule has 0 bridgehead atoms. The number of aromatic hydroxyl groups is 1. The molecule has 1 unspecified atom stereocenters. The molecule has 2 amide bonds. The van der Waals surface area contributed by atoms with Crippen molar-refractivity contribution in [1.29, 1.82) is 0 Å². The number of rotatable bonds is 5. The van der Waals surface area contributed by atoms with Crippen molar-refractivity contribution >= 4 is 63.8 Å². The summed E-state index contributed by atoms with van der Waals surface area (Å²) in [5.74, 6) is -0.538. The molecule has 1 aliphatic heterocycles. The molecule has 1 heterocycles. The molecule has 1 atom stereocenters. The Morgan fingerprint density at radius 3 is 2.82 bits per heavy atom. The van der Waals surface area contributed by atoms with E-state index in [1.807, 2.05) is 0 Å². The van der Waals surface area contributed by atoms with Gasteiger partial charge in [0, 0.05) is 12.1 Å². The number of halogens is 2. The molecule has 2 aromatic carbocycles. The quantitative estimate of drug-likeness (QED) is 0.491. The molecule has 28 heavy (non-hydrogen) atoms. The third-order valence-electron chi connectivity index (χ3n) is 3.58. The predicted molar refractivity (Wildman–Crippen MR) is 112 cm³/mol. The number of carbonyl (C=O) groups is 2. The molecule has 1 saturated heterocycles. The van der Waals surface area contributed by atoms with Gasteiger partial charge in [0.05, 0.1) is 16.3 Å². The predicted octanol–water partition coefficient (Wildman–Crippen LogP) is 3.65. The Morgan fingerprint density at radius 1 is 1.25 bits per heavy atom. The molecular weight excluding hydrogens is 423 g/mol. The van der Waals surface area contributed by atoms with Crippen LogP contribution >= 0.6 is 35.0 Å². The molecule has 0 saturated carbocycles. The van der Waals surface area contributed by atoms with Crippen molar-refractivity contribution in [1.82, 2.24) is 5.32 Å². The zero-order chi connectivity index (χ0) is 20.1. The van der Waals surface area contributed by atoms with Gasteiger partial charge in [0.25, 0.3) is 0 Å². The molecule has 3 N–H and O–H groups in total. The van der Waals surface area contributed by atoms with Crippen LogP contribution in [0.25, 0.3) is 0 Å². The summed E-state index contributed by atoms with van der Waals surface area (Å²) in [6, 6.07) is 11.2. The third-order valence-corrected chi connectivity index (χ3v) is 5.39. The van der Waals surface area contributed by atoms with Crippen LogP contribution in [-0.2, 0) is 9.59 Å². The zero-order valence-corrected chi connectivity index (χ0v) is 16.6. The number of nitrogens with zero attached hydrogens (tertiary/aromatic N) is 2. The second-order valence-electron chi connectivity index (χ2n) is 5.72. The van der Waals surface area contributed by atoms with E-state index in [1.165, 1.54) is 18.3 Å². The number of carbonyl (C=O) groups excluding carboxylic acids is 2. The fraction of sp³-hybridized carbons (Fsp3) is 0.111. The first-order valence-electron chi connectivity index (χ1n) is 8.03. The van der Waals surface area contributed by atoms with Gasteiger partial charge in [0.15, 0.2) is 5.17 Å². The van der Waals surface area contributed by atoms with E-state index in [1.54, 1.807) is 30.3 Å². The van der Waals surface area contributed by atoms with E-state index in [0.29, 0.717) is 26.5 Å². The second-order valence-corrected chi connectivity index (χ2v) is 7.73. The van der Waals surface area contributed by atoms with Crippen molar-refractivity contribution < 1.29 is 14.7 Å². The minimum absolute atomic E-state index is 0.0357. The molecule has 1 aliphatic rings. The van der Waals surface area contributed by atoms with E-state index in [0.717, 1.165) is 11.8 Å². The summed E-state index contributed by atoms with van der Waals surface area (Å²) >= 11 is 12.9. The first-order chi connectivity index (χ1) is 13.4. The average Bonchev–Trinajstić information content (AvgIpc) is 2.97. The molecule has 7 nitrogen and oxygen atoms in total. The van der Waals surface area contributed by atoms with E-state index in [-0.39, 0.29) is 24.0 Å². The number of hydrogen-bond acceptors (Lipinski definition) is 6. The Hall–Kier alpha value is -2.55. The van der Waals surface area contributed by atoms with Crippen molar-refractivity contribution in [2.45, 2.75) is 11.7 Å². The molecule has 0 aromatic heterocycles. The lowest BCUT2D eigenvalue weighted by atomic mass is 10.2. The Labute approximate surface area is 174 Å². The highest BCUT2D eigenvalue weighted by Gasteiger charge is 2.32. The van der Waals surface area contributed by atoms with Gasteiger partial charge in [-0.25, -0.2) is 0 Å². The summed E-state index contributed by atoms with van der Waals surface area (Å²) in [7, 11) is 0. The maximum atomic E-state index is 12.2. The van der Waals surface area contributed by atoms with E-state index in [9.17, 15) is 14.7 Å². The molecule has 144 valence electrons. The van der Waals surface area contributed by atoms with E-state index in [2.05, 4.69) is 20.8 Å². The Bertz CT molecular complexity index is 981. The fourth-order valence-electron chi connectivity index (χ4n) is 2.29. The van der Waals surface area contributed by atoms with Crippen LogP contribution in [0.3, 0.4) is 0 Å². The summed E-state index contributed by atoms with van der Waals surface area (Å²) in [6.45, 7) is 0. The number of phenols is 1. The summed E-state index contributed by atoms with van der Waals surface area (Å²) in [6.07, 6.45) is 1.41. The van der Waals surface area contributed by atoms with Gasteiger partial charge in [-0.3, -0.25) is 9.59 Å². The lowest BCUT2D eigenvalue weighted by molar-refractivity contribution is -0.122. The van der Waals surface area contributed by atoms with Gasteiger partial charge in [-0.15, -0.1) is 5.10 Å². The standard InChI is InChI=1S/C18H14Cl2N4O3S/c19-13-5-4-11(7-14(13)20)22-16(26)8-15-17(27)23-18(28-15)24-21-9-10-2-1-3-12(25)6-10/h1-7,9,15,25H,8H2,(H,22,26)(H,23,24,27)/b21-9+. The molecule has 10 heteroatoms. The van der Waals surface area contributed by atoms with Gasteiger partial charge < -0.3 is 15.7 Å². The van der Waals surface area contributed by atoms with Crippen LogP contribution in [-0.4, -0.2) is 33.6 Å². The number of benzene rings is 2. The van der Waals surface area contributed by atoms with Crippen molar-refractivity contribution in [2.24, 2.45) is 10.2 Å². The van der Waals surface area contributed by atoms with Crippen LogP contribution in [0.1, 0.15) is 12.0 Å². The minimum Gasteiger partial charge on any atom is -0.508 e. The van der Waals surface area contributed by atoms with Crippen molar-refractivity contribution in [3.63, 3.8) is 0 Å². The molecular formula is C18H14Cl2N4O3S. The SMILES string of the molecule is O=C(CC1S/C(=N\N=C\c2cccc(O)c2)NC1=O)Nc1ccc(Cl)c(Cl)c1. The van der Waals surface area contributed by atoms with Crippen molar-refractivity contribution in [2.75, 3.05) is 5.32 Å². The summed E-state index contributed by atoms with van der Waals surface area (Å²) < 4.78 is 0. The number of amides is 2. The molecule has 3 rings (SSSR count). The van der Waals surface area contributed by atoms with Crippen molar-refractivity contribution in [3.8, 4) is 5.75 Å². The summed E-state index contributed by atoms with van der Waals surface area (Å²) in [4.78, 5) is 24.2. The largest absolute Gasteiger partial charge is 0.508 e. The number of nitrogens with one attached hydrogen (secondary N) is 2. The number of phenolic OH excluding ortho intramolecular Hbond substituents is 1. The topological polar surface area (TPSA) is 103 Å². The number of hydrogen-bond donors (Lipinski definition) is 3. The minimum atomic E-state index is -0.613. The van der Waals surface area contributed by atoms with E-state index >= 15 is 0 Å². The lowest BCUT2D eigenvalue weighted by Crippen LogP contribution is -2.28. The fourth-order valence-corrected chi connectivity index (χ4v) is 3.52. The van der Waals surface area contributed by atoms with Crippen LogP contribution in [0.15, 0.2) is 52.7 Å². The number of thioether (sulfide) groups is 1. The lowest BCUT2D eigenvalue weighted by Gasteiger charge is -2.08. The monoisotopic (exact) mass is 436 g/mol. The number of anilines is 1. The molecule has 2 aromatic rings. The van der Waals surface area contributed by atoms with Crippen LogP contribution in [0.2, 0.25) is 10.0 Å². The average molecular weight is 437 g/mol. The maximum Gasteiger partial charge on any atom is 0.240 e. The third kappa shape index (κ3) is 5.48. The highest BCUT2D eigenvalue weighted by Crippen LogP contribution is 2.26. The van der Waals surface area contributed by atoms with Crippen LogP contribution < -0.4 is 10.6 Å². The van der Waals surface area contributed by atoms with Crippen LogP contribution in [0.4, 0.5) is 5.69 Å². The van der Waals surface area contributed by atoms with E-state index < -0.39 is 5.25 Å². The van der Waals surface area contributed by atoms with Gasteiger partial charge in [0.1, 0.15) is 11.0 Å². The van der Waals surface area contributed by atoms with Gasteiger partial charge in [-0.2, -0.15) is 5.10 Å². The molecule has 0 radical (unpaired) electrons. The second kappa shape index (κ2) is 9.09. The van der Waals surface area contributed by atoms with Crippen LogP contribution in [0.5, 0.6) is 5.75 Å². The highest BCUT2D eigenvalue weighted by atomic mass is 35.5. The first kappa shape index (κ1) is 20.2. The van der Waals surface area contributed by atoms with Crippen LogP contribution in [0, 0.1) is 0 Å². The van der Waals surface area contributed by atoms with Gasteiger partial charge >= 0.3 is 0 Å². The number of amidine groups is 1. The Balaban J connectivity index is 1.56. The Kier molecular flexibility index (Phi) is 6.56. The summed E-state index contributed by atoms with van der Waals surface area (Å²) in [5.41, 5.74) is 1.16. The zero-order valence-electron chi connectivity index (χ0n) is 14.2. The van der Waals surface area contributed by atoms with Gasteiger partial charge in [0.2, 0.25) is 11.8 Å². The maximum absolute atomic E-state index is 12.2.